The molecule has 152 valence electrons. The van der Waals surface area contributed by atoms with Crippen LogP contribution in [-0.2, 0) is 11.3 Å². The van der Waals surface area contributed by atoms with Gasteiger partial charge in [0.05, 0.1) is 18.7 Å². The van der Waals surface area contributed by atoms with Crippen molar-refractivity contribution in [3.05, 3.63) is 63.9 Å². The van der Waals surface area contributed by atoms with E-state index in [9.17, 15) is 18.8 Å². The van der Waals surface area contributed by atoms with E-state index >= 15 is 0 Å². The predicted molar refractivity (Wildman–Crippen MR) is 105 cm³/mol. The second-order valence-corrected chi connectivity index (χ2v) is 7.23. The maximum absolute atomic E-state index is 13.7. The molecule has 4 rings (SSSR count). The van der Waals surface area contributed by atoms with Crippen LogP contribution in [-0.4, -0.2) is 41.9 Å². The van der Waals surface area contributed by atoms with Gasteiger partial charge in [0, 0.05) is 17.7 Å². The SMILES string of the molecule is COc1ccc2c(c1)C(=O)N(C[C@@]1(C#Cc3cccc(F)c3Cl)NC(=O)NC1=O)C2. The smallest absolute Gasteiger partial charge is 0.323 e. The number of rotatable bonds is 3. The Hall–Kier alpha value is -3.57. The number of imide groups is 1. The van der Waals surface area contributed by atoms with Crippen LogP contribution in [0.3, 0.4) is 0 Å². The lowest BCUT2D eigenvalue weighted by Gasteiger charge is -2.26. The quantitative estimate of drug-likeness (QED) is 0.580. The number of carbonyl (C=O) groups excluding carboxylic acids is 3. The van der Waals surface area contributed by atoms with E-state index in [0.29, 0.717) is 11.3 Å². The van der Waals surface area contributed by atoms with Gasteiger partial charge in [0.2, 0.25) is 5.54 Å². The summed E-state index contributed by atoms with van der Waals surface area (Å²) >= 11 is 5.93. The van der Waals surface area contributed by atoms with Gasteiger partial charge in [-0.3, -0.25) is 14.9 Å². The van der Waals surface area contributed by atoms with E-state index in [-0.39, 0.29) is 29.6 Å². The predicted octanol–water partition coefficient (Wildman–Crippen LogP) is 2.07. The highest BCUT2D eigenvalue weighted by atomic mass is 35.5. The molecule has 4 amide bonds. The second kappa shape index (κ2) is 7.35. The van der Waals surface area contributed by atoms with Crippen molar-refractivity contribution in [2.75, 3.05) is 13.7 Å². The molecule has 30 heavy (non-hydrogen) atoms. The van der Waals surface area contributed by atoms with E-state index in [1.165, 1.54) is 30.2 Å². The number of methoxy groups -OCH3 is 1. The van der Waals surface area contributed by atoms with Gasteiger partial charge >= 0.3 is 6.03 Å². The number of nitrogens with zero attached hydrogens (tertiary/aromatic N) is 1. The van der Waals surface area contributed by atoms with Gasteiger partial charge in [-0.1, -0.05) is 35.6 Å². The van der Waals surface area contributed by atoms with Crippen molar-refractivity contribution < 1.29 is 23.5 Å². The summed E-state index contributed by atoms with van der Waals surface area (Å²) in [5.74, 6) is 4.21. The van der Waals surface area contributed by atoms with Crippen LogP contribution in [0.2, 0.25) is 5.02 Å². The molecule has 2 aromatic rings. The number of hydrogen-bond donors (Lipinski definition) is 2. The molecule has 1 saturated heterocycles. The lowest BCUT2D eigenvalue weighted by Crippen LogP contribution is -2.54. The minimum Gasteiger partial charge on any atom is -0.497 e. The number of urea groups is 1. The molecule has 2 aliphatic heterocycles. The number of halogens is 2. The zero-order valence-electron chi connectivity index (χ0n) is 15.7. The third-order valence-corrected chi connectivity index (χ3v) is 5.31. The summed E-state index contributed by atoms with van der Waals surface area (Å²) in [7, 11) is 1.50. The van der Waals surface area contributed by atoms with Crippen LogP contribution in [0, 0.1) is 17.7 Å². The summed E-state index contributed by atoms with van der Waals surface area (Å²) in [6, 6.07) is 8.50. The van der Waals surface area contributed by atoms with Crippen LogP contribution in [0.15, 0.2) is 36.4 Å². The van der Waals surface area contributed by atoms with E-state index in [1.807, 2.05) is 0 Å². The molecule has 7 nitrogen and oxygen atoms in total. The Morgan fingerprint density at radius 2 is 2.07 bits per heavy atom. The van der Waals surface area contributed by atoms with Crippen molar-refractivity contribution in [2.24, 2.45) is 0 Å². The van der Waals surface area contributed by atoms with Crippen molar-refractivity contribution in [1.82, 2.24) is 15.5 Å². The van der Waals surface area contributed by atoms with Crippen molar-refractivity contribution in [1.29, 1.82) is 0 Å². The van der Waals surface area contributed by atoms with Gasteiger partial charge in [0.25, 0.3) is 11.8 Å². The Morgan fingerprint density at radius 3 is 2.77 bits per heavy atom. The number of amides is 4. The zero-order chi connectivity index (χ0) is 21.5. The summed E-state index contributed by atoms with van der Waals surface area (Å²) in [5, 5.41) is 4.44. The fourth-order valence-electron chi connectivity index (χ4n) is 3.39. The zero-order valence-corrected chi connectivity index (χ0v) is 16.5. The van der Waals surface area contributed by atoms with Crippen LogP contribution in [0.5, 0.6) is 5.75 Å². The first kappa shape index (κ1) is 19.7. The van der Waals surface area contributed by atoms with Gasteiger partial charge in [-0.05, 0) is 29.8 Å². The Bertz CT molecular complexity index is 1160. The number of benzene rings is 2. The van der Waals surface area contributed by atoms with E-state index in [2.05, 4.69) is 22.5 Å². The molecule has 2 heterocycles. The van der Waals surface area contributed by atoms with Gasteiger partial charge in [-0.15, -0.1) is 0 Å². The number of hydrogen-bond acceptors (Lipinski definition) is 4. The molecular formula is C21H15ClFN3O4. The first-order valence-corrected chi connectivity index (χ1v) is 9.28. The average Bonchev–Trinajstić information content (AvgIpc) is 3.18. The Morgan fingerprint density at radius 1 is 1.27 bits per heavy atom. The first-order chi connectivity index (χ1) is 14.3. The minimum atomic E-state index is -1.70. The summed E-state index contributed by atoms with van der Waals surface area (Å²) in [4.78, 5) is 38.7. The topological polar surface area (TPSA) is 87.7 Å². The van der Waals surface area contributed by atoms with Gasteiger partial charge < -0.3 is 15.0 Å². The molecule has 0 saturated carbocycles. The molecule has 1 fully saturated rings. The lowest BCUT2D eigenvalue weighted by atomic mass is 9.99. The number of carbonyl (C=O) groups is 3. The fourth-order valence-corrected chi connectivity index (χ4v) is 3.56. The van der Waals surface area contributed by atoms with E-state index in [4.69, 9.17) is 16.3 Å². The first-order valence-electron chi connectivity index (χ1n) is 8.90. The maximum atomic E-state index is 13.7. The normalized spacial score (nSPS) is 19.7. The molecule has 9 heteroatoms. The minimum absolute atomic E-state index is 0.158. The fraction of sp³-hybridized carbons (Fsp3) is 0.190. The van der Waals surface area contributed by atoms with Crippen LogP contribution < -0.4 is 15.4 Å². The van der Waals surface area contributed by atoms with Crippen molar-refractivity contribution >= 4 is 29.4 Å². The van der Waals surface area contributed by atoms with Gasteiger partial charge in [0.15, 0.2) is 0 Å². The number of ether oxygens (including phenoxy) is 1. The Kier molecular flexibility index (Phi) is 4.84. The number of nitrogens with one attached hydrogen (secondary N) is 2. The van der Waals surface area contributed by atoms with Crippen molar-refractivity contribution in [3.8, 4) is 17.6 Å². The molecule has 2 N–H and O–H groups in total. The third kappa shape index (κ3) is 3.33. The summed E-state index contributed by atoms with van der Waals surface area (Å²) < 4.78 is 18.9. The molecule has 0 spiro atoms. The molecule has 0 radical (unpaired) electrons. The maximum Gasteiger partial charge on any atom is 0.323 e. The summed E-state index contributed by atoms with van der Waals surface area (Å²) in [5.41, 5.74) is -0.322. The van der Waals surface area contributed by atoms with Crippen molar-refractivity contribution in [3.63, 3.8) is 0 Å². The van der Waals surface area contributed by atoms with Crippen LogP contribution in [0.1, 0.15) is 21.5 Å². The van der Waals surface area contributed by atoms with Crippen molar-refractivity contribution in [2.45, 2.75) is 12.1 Å². The number of fused-ring (bicyclic) bond motifs is 1. The standard InChI is InChI=1S/C21H15ClFN3O4/c1-30-14-6-5-13-10-26(18(27)15(13)9-14)11-21(19(28)24-20(29)25-21)8-7-12-3-2-4-16(23)17(12)22/h2-6,9H,10-11H2,1H3,(H2,24,25,28,29)/t21-/m1/s1. The molecule has 0 bridgehead atoms. The Balaban J connectivity index is 1.67. The van der Waals surface area contributed by atoms with E-state index in [0.717, 1.165) is 5.56 Å². The molecular weight excluding hydrogens is 413 g/mol. The second-order valence-electron chi connectivity index (χ2n) is 6.85. The lowest BCUT2D eigenvalue weighted by molar-refractivity contribution is -0.122. The Labute approximate surface area is 176 Å². The highest BCUT2D eigenvalue weighted by Gasteiger charge is 2.48. The summed E-state index contributed by atoms with van der Waals surface area (Å²) in [6.45, 7) is 0.0474. The molecule has 0 aromatic heterocycles. The van der Waals surface area contributed by atoms with Gasteiger partial charge in [-0.2, -0.15) is 0 Å². The molecule has 2 aliphatic rings. The van der Waals surface area contributed by atoms with Gasteiger partial charge in [0.1, 0.15) is 11.6 Å². The summed E-state index contributed by atoms with van der Waals surface area (Å²) in [6.07, 6.45) is 0. The van der Waals surface area contributed by atoms with Crippen LogP contribution in [0.4, 0.5) is 9.18 Å². The molecule has 2 aromatic carbocycles. The van der Waals surface area contributed by atoms with Gasteiger partial charge in [-0.25, -0.2) is 9.18 Å². The van der Waals surface area contributed by atoms with E-state index < -0.39 is 23.3 Å². The van der Waals surface area contributed by atoms with Crippen LogP contribution >= 0.6 is 11.6 Å². The third-order valence-electron chi connectivity index (χ3n) is 4.93. The van der Waals surface area contributed by atoms with E-state index in [1.54, 1.807) is 18.2 Å². The van der Waals surface area contributed by atoms with Crippen LogP contribution in [0.25, 0.3) is 0 Å². The molecule has 1 atom stereocenters. The average molecular weight is 428 g/mol. The highest BCUT2D eigenvalue weighted by molar-refractivity contribution is 6.31. The molecule has 0 unspecified atom stereocenters. The highest BCUT2D eigenvalue weighted by Crippen LogP contribution is 2.28. The largest absolute Gasteiger partial charge is 0.497 e. The molecule has 0 aliphatic carbocycles. The monoisotopic (exact) mass is 427 g/mol.